The van der Waals surface area contributed by atoms with Gasteiger partial charge >= 0.3 is 0 Å². The molecule has 0 saturated heterocycles. The highest BCUT2D eigenvalue weighted by molar-refractivity contribution is 7.01. The molecule has 10 aromatic carbocycles. The Balaban J connectivity index is 1.07. The van der Waals surface area contributed by atoms with Crippen LogP contribution in [0.25, 0.3) is 60.5 Å². The fraction of sp³-hybridized carbons (Fsp3) is 0.0938. The van der Waals surface area contributed by atoms with Crippen molar-refractivity contribution >= 4 is 68.1 Å². The predicted molar refractivity (Wildman–Crippen MR) is 285 cm³/mol. The minimum atomic E-state index is -2.35. The molecule has 0 amide bonds. The smallest absolute Gasteiger partial charge is 0.113 e. The number of para-hydroxylation sites is 2. The van der Waals surface area contributed by atoms with Crippen molar-refractivity contribution < 1.29 is 0 Å². The normalized spacial score (nSPS) is 16.7. The monoisotopic (exact) mass is 872 g/mol. The molecular formula is C64H48N2Si. The minimum Gasteiger partial charge on any atom is -0.310 e. The molecule has 1 atom stereocenters. The van der Waals surface area contributed by atoms with E-state index < -0.39 is 13.5 Å². The van der Waals surface area contributed by atoms with Gasteiger partial charge in [-0.15, -0.1) is 0 Å². The molecular weight excluding hydrogens is 825 g/mol. The molecule has 14 rings (SSSR count). The molecule has 67 heavy (non-hydrogen) atoms. The third-order valence-electron chi connectivity index (χ3n) is 16.0. The third-order valence-corrected chi connectivity index (χ3v) is 19.6. The van der Waals surface area contributed by atoms with Gasteiger partial charge in [0.05, 0.1) is 16.4 Å². The number of rotatable bonds is 4. The topological polar surface area (TPSA) is 8.17 Å². The first-order valence-corrected chi connectivity index (χ1v) is 26.8. The average Bonchev–Trinajstić information content (AvgIpc) is 3.82. The average molecular weight is 873 g/mol. The molecule has 2 aliphatic carbocycles. The molecule has 0 N–H and O–H groups in total. The van der Waals surface area contributed by atoms with Crippen LogP contribution >= 0.6 is 0 Å². The van der Waals surface area contributed by atoms with E-state index in [2.05, 4.69) is 255 Å². The highest BCUT2D eigenvalue weighted by Crippen LogP contribution is 2.57. The summed E-state index contributed by atoms with van der Waals surface area (Å²) in [5.74, 6) is 0. The molecule has 11 aromatic rings. The number of anilines is 3. The maximum atomic E-state index is 2.60. The van der Waals surface area contributed by atoms with Crippen LogP contribution in [-0.2, 0) is 10.8 Å². The number of aromatic nitrogens is 1. The van der Waals surface area contributed by atoms with Crippen LogP contribution in [0.15, 0.2) is 218 Å². The Labute approximate surface area is 393 Å². The predicted octanol–water partition coefficient (Wildman–Crippen LogP) is 15.2. The van der Waals surface area contributed by atoms with Crippen molar-refractivity contribution in [2.75, 3.05) is 4.90 Å². The Morgan fingerprint density at radius 1 is 0.388 bits per heavy atom. The van der Waals surface area contributed by atoms with E-state index in [0.29, 0.717) is 0 Å². The molecule has 0 bridgehead atoms. The molecule has 2 nitrogen and oxygen atoms in total. The highest BCUT2D eigenvalue weighted by Gasteiger charge is 2.52. The lowest BCUT2D eigenvalue weighted by Gasteiger charge is -2.50. The first-order valence-electron chi connectivity index (χ1n) is 23.8. The summed E-state index contributed by atoms with van der Waals surface area (Å²) in [6, 6.07) is 83.2. The maximum Gasteiger partial charge on any atom is 0.113 e. The zero-order chi connectivity index (χ0) is 44.8. The van der Waals surface area contributed by atoms with Gasteiger partial charge in [-0.05, 0) is 131 Å². The van der Waals surface area contributed by atoms with E-state index in [-0.39, 0.29) is 5.41 Å². The van der Waals surface area contributed by atoms with Crippen molar-refractivity contribution in [3.05, 3.63) is 252 Å². The zero-order valence-electron chi connectivity index (χ0n) is 38.2. The minimum absolute atomic E-state index is 0.0915. The number of hydrogen-bond acceptors (Lipinski definition) is 1. The third kappa shape index (κ3) is 5.04. The molecule has 0 fully saturated rings. The second-order valence-corrected chi connectivity index (χ2v) is 24.4. The Kier molecular flexibility index (Phi) is 7.86. The molecule has 0 saturated carbocycles. The summed E-state index contributed by atoms with van der Waals surface area (Å²) in [6.45, 7) is 9.90. The van der Waals surface area contributed by atoms with Crippen LogP contribution in [0, 0.1) is 0 Å². The number of nitrogens with zero attached hydrogens (tertiary/aromatic N) is 2. The van der Waals surface area contributed by atoms with Gasteiger partial charge in [0.15, 0.2) is 0 Å². The van der Waals surface area contributed by atoms with Gasteiger partial charge in [0.1, 0.15) is 8.07 Å². The first-order chi connectivity index (χ1) is 32.8. The van der Waals surface area contributed by atoms with Crippen molar-refractivity contribution in [2.24, 2.45) is 0 Å². The Bertz CT molecular complexity index is 3890. The van der Waals surface area contributed by atoms with Crippen molar-refractivity contribution in [1.82, 2.24) is 4.57 Å². The van der Waals surface area contributed by atoms with Gasteiger partial charge in [0, 0.05) is 38.9 Å². The summed E-state index contributed by atoms with van der Waals surface area (Å²) in [5.41, 5.74) is 20.0. The van der Waals surface area contributed by atoms with Crippen LogP contribution in [0.2, 0.25) is 13.1 Å². The SMILES string of the molecule is CC1(C)c2ccccc2-c2cc(N(c3ccc4c(c3)[Si](C)(C)c3ccccc3C43c4ccccc4-c4cccc5cccc3c45)c3ccc4c5ccccc5n(-c5ccccc5)c4c3)ccc21. The van der Waals surface area contributed by atoms with Crippen LogP contribution in [0.4, 0.5) is 17.1 Å². The highest BCUT2D eigenvalue weighted by atomic mass is 28.3. The molecule has 318 valence electrons. The fourth-order valence-electron chi connectivity index (χ4n) is 13.1. The molecule has 3 heteroatoms. The van der Waals surface area contributed by atoms with Gasteiger partial charge in [0.25, 0.3) is 0 Å². The molecule has 0 radical (unpaired) electrons. The van der Waals surface area contributed by atoms with E-state index in [1.165, 1.54) is 104 Å². The molecule has 3 aliphatic rings. The lowest BCUT2D eigenvalue weighted by molar-refractivity contribution is 0.660. The molecule has 1 aromatic heterocycles. The fourth-order valence-corrected chi connectivity index (χ4v) is 16.3. The van der Waals surface area contributed by atoms with Gasteiger partial charge in [0.2, 0.25) is 0 Å². The Morgan fingerprint density at radius 2 is 0.940 bits per heavy atom. The van der Waals surface area contributed by atoms with E-state index in [0.717, 1.165) is 17.1 Å². The largest absolute Gasteiger partial charge is 0.310 e. The van der Waals surface area contributed by atoms with Crippen LogP contribution < -0.4 is 15.3 Å². The summed E-state index contributed by atoms with van der Waals surface area (Å²) >= 11 is 0. The Morgan fingerprint density at radius 3 is 1.76 bits per heavy atom. The second kappa shape index (κ2) is 13.7. The van der Waals surface area contributed by atoms with E-state index in [9.17, 15) is 0 Å². The van der Waals surface area contributed by atoms with Crippen molar-refractivity contribution in [2.45, 2.75) is 37.8 Å². The van der Waals surface area contributed by atoms with E-state index in [4.69, 9.17) is 0 Å². The van der Waals surface area contributed by atoms with Crippen LogP contribution in [0.3, 0.4) is 0 Å². The van der Waals surface area contributed by atoms with E-state index in [1.54, 1.807) is 0 Å². The maximum absolute atomic E-state index is 2.60. The number of benzene rings is 10. The van der Waals surface area contributed by atoms with Gasteiger partial charge in [-0.3, -0.25) is 0 Å². The van der Waals surface area contributed by atoms with Crippen molar-refractivity contribution in [1.29, 1.82) is 0 Å². The van der Waals surface area contributed by atoms with Gasteiger partial charge in [-0.25, -0.2) is 0 Å². The molecule has 1 spiro atoms. The Hall–Kier alpha value is -7.72. The van der Waals surface area contributed by atoms with Gasteiger partial charge < -0.3 is 9.47 Å². The summed E-state index contributed by atoms with van der Waals surface area (Å²) < 4.78 is 2.44. The summed E-state index contributed by atoms with van der Waals surface area (Å²) in [5, 5.41) is 8.13. The summed E-state index contributed by atoms with van der Waals surface area (Å²) in [4.78, 5) is 2.55. The zero-order valence-corrected chi connectivity index (χ0v) is 39.2. The van der Waals surface area contributed by atoms with Gasteiger partial charge in [-0.2, -0.15) is 0 Å². The van der Waals surface area contributed by atoms with Crippen molar-refractivity contribution in [3.63, 3.8) is 0 Å². The van der Waals surface area contributed by atoms with Gasteiger partial charge in [-0.1, -0.05) is 191 Å². The lowest BCUT2D eigenvalue weighted by atomic mass is 9.59. The quantitative estimate of drug-likeness (QED) is 0.160. The van der Waals surface area contributed by atoms with Crippen LogP contribution in [-0.4, -0.2) is 12.6 Å². The van der Waals surface area contributed by atoms with E-state index in [1.807, 2.05) is 0 Å². The lowest BCUT2D eigenvalue weighted by Crippen LogP contribution is -2.63. The van der Waals surface area contributed by atoms with E-state index >= 15 is 0 Å². The number of fused-ring (bicyclic) bond motifs is 14. The second-order valence-electron chi connectivity index (χ2n) is 20.0. The first kappa shape index (κ1) is 38.5. The van der Waals surface area contributed by atoms with Crippen molar-refractivity contribution in [3.8, 4) is 27.9 Å². The summed E-state index contributed by atoms with van der Waals surface area (Å²) in [7, 11) is -2.35. The van der Waals surface area contributed by atoms with Crippen LogP contribution in [0.1, 0.15) is 47.2 Å². The number of hydrogen-bond donors (Lipinski definition) is 0. The van der Waals surface area contributed by atoms with Crippen LogP contribution in [0.5, 0.6) is 0 Å². The standard InChI is InChI=1S/C64H48N2Si/c1-63(2)52-26-11-8-23-47(52)51-38-43(33-36-53(51)63)65(44-32-35-49-48-24-10-14-30-58(48)66(59(49)39-44)42-20-6-5-7-21-42)45-34-37-56-61(40-45)67(3,4)60-31-15-13-28-55(60)64(56)54-27-12-9-22-46(54)50-25-16-18-41-19-17-29-57(64)62(41)50/h5-40H,1-4H3. The molecule has 1 aliphatic heterocycles. The molecule has 2 heterocycles. The molecule has 1 unspecified atom stereocenters. The summed E-state index contributed by atoms with van der Waals surface area (Å²) in [6.07, 6.45) is 0.